The fraction of sp³-hybridized carbons (Fsp3) is 0.190. The Morgan fingerprint density at radius 1 is 0.900 bits per heavy atom. The highest BCUT2D eigenvalue weighted by Gasteiger charge is 2.26. The van der Waals surface area contributed by atoms with Crippen molar-refractivity contribution in [2.45, 2.75) is 0 Å². The molecule has 0 unspecified atom stereocenters. The van der Waals surface area contributed by atoms with Gasteiger partial charge in [0.15, 0.2) is 17.0 Å². The lowest BCUT2D eigenvalue weighted by molar-refractivity contribution is 0.0745. The summed E-state index contributed by atoms with van der Waals surface area (Å²) in [5.74, 6) is 0.778. The third-order valence-corrected chi connectivity index (χ3v) is 5.88. The van der Waals surface area contributed by atoms with Gasteiger partial charge in [-0.25, -0.2) is 9.97 Å². The van der Waals surface area contributed by atoms with E-state index in [1.807, 2.05) is 59.5 Å². The van der Waals surface area contributed by atoms with Crippen LogP contribution in [-0.4, -0.2) is 61.9 Å². The summed E-state index contributed by atoms with van der Waals surface area (Å²) in [5.41, 5.74) is 2.90. The highest BCUT2D eigenvalue weighted by atomic mass is 79.9. The molecule has 4 aromatic rings. The number of nitrogens with zero attached hydrogens (tertiary/aromatic N) is 7. The molecule has 2 aromatic carbocycles. The lowest BCUT2D eigenvalue weighted by atomic mass is 10.2. The quantitative estimate of drug-likeness (QED) is 0.464. The monoisotopic (exact) mass is 463 g/mol. The zero-order valence-corrected chi connectivity index (χ0v) is 17.6. The summed E-state index contributed by atoms with van der Waals surface area (Å²) in [6.07, 6.45) is 1.54. The van der Waals surface area contributed by atoms with Crippen LogP contribution in [-0.2, 0) is 0 Å². The molecule has 1 fully saturated rings. The summed E-state index contributed by atoms with van der Waals surface area (Å²) < 4.78 is 2.53. The molecule has 150 valence electrons. The van der Waals surface area contributed by atoms with Gasteiger partial charge >= 0.3 is 0 Å². The molecular formula is C21H18BrN7O. The number of carbonyl (C=O) groups excluding carboxylic acids is 1. The van der Waals surface area contributed by atoms with Crippen LogP contribution in [0.25, 0.3) is 16.9 Å². The van der Waals surface area contributed by atoms with Gasteiger partial charge in [-0.3, -0.25) is 4.79 Å². The Balaban J connectivity index is 1.37. The van der Waals surface area contributed by atoms with Gasteiger partial charge < -0.3 is 9.80 Å². The largest absolute Gasteiger partial charge is 0.351 e. The Morgan fingerprint density at radius 2 is 1.63 bits per heavy atom. The van der Waals surface area contributed by atoms with E-state index in [2.05, 4.69) is 41.1 Å². The zero-order valence-electron chi connectivity index (χ0n) is 16.0. The van der Waals surface area contributed by atoms with Gasteiger partial charge in [-0.15, -0.1) is 5.10 Å². The second-order valence-corrected chi connectivity index (χ2v) is 7.82. The number of rotatable bonds is 3. The molecule has 2 aromatic heterocycles. The van der Waals surface area contributed by atoms with Crippen LogP contribution in [0.5, 0.6) is 0 Å². The van der Waals surface area contributed by atoms with Gasteiger partial charge in [0.2, 0.25) is 0 Å². The molecule has 0 saturated carbocycles. The summed E-state index contributed by atoms with van der Waals surface area (Å²) in [6, 6.07) is 17.3. The molecule has 8 nitrogen and oxygen atoms in total. The van der Waals surface area contributed by atoms with Crippen LogP contribution in [0.2, 0.25) is 0 Å². The molecule has 1 amide bonds. The van der Waals surface area contributed by atoms with Gasteiger partial charge in [-0.1, -0.05) is 35.5 Å². The van der Waals surface area contributed by atoms with Crippen LogP contribution in [0, 0.1) is 0 Å². The van der Waals surface area contributed by atoms with E-state index in [0.717, 1.165) is 16.0 Å². The molecular weight excluding hydrogens is 446 g/mol. The minimum atomic E-state index is 0.0324. The van der Waals surface area contributed by atoms with Crippen molar-refractivity contribution in [3.05, 3.63) is 71.0 Å². The fourth-order valence-electron chi connectivity index (χ4n) is 3.64. The first-order chi connectivity index (χ1) is 14.7. The molecule has 0 atom stereocenters. The Hall–Kier alpha value is -3.33. The van der Waals surface area contributed by atoms with E-state index < -0.39 is 0 Å². The number of fused-ring (bicyclic) bond motifs is 1. The Labute approximate surface area is 181 Å². The van der Waals surface area contributed by atoms with Crippen LogP contribution < -0.4 is 4.90 Å². The van der Waals surface area contributed by atoms with Crippen molar-refractivity contribution in [1.82, 2.24) is 29.9 Å². The molecule has 1 saturated heterocycles. The fourth-order valence-corrected chi connectivity index (χ4v) is 4.09. The maximum absolute atomic E-state index is 12.9. The van der Waals surface area contributed by atoms with Crippen LogP contribution in [0.4, 0.5) is 5.82 Å². The van der Waals surface area contributed by atoms with Crippen molar-refractivity contribution in [3.63, 3.8) is 0 Å². The molecule has 0 radical (unpaired) electrons. The molecule has 1 aliphatic heterocycles. The van der Waals surface area contributed by atoms with Crippen molar-refractivity contribution in [2.75, 3.05) is 31.1 Å². The van der Waals surface area contributed by atoms with Crippen LogP contribution in [0.15, 0.2) is 65.4 Å². The van der Waals surface area contributed by atoms with E-state index in [0.29, 0.717) is 42.9 Å². The third-order valence-electron chi connectivity index (χ3n) is 5.19. The summed E-state index contributed by atoms with van der Waals surface area (Å²) in [5, 5.41) is 8.62. The summed E-state index contributed by atoms with van der Waals surface area (Å²) in [4.78, 5) is 25.7. The van der Waals surface area contributed by atoms with Gasteiger partial charge in [0.05, 0.1) is 11.3 Å². The SMILES string of the molecule is O=C(c1ccccc1Br)N1CCN(c2ncnc3c2nnn3-c2ccccc2)CC1. The van der Waals surface area contributed by atoms with Gasteiger partial charge in [0.25, 0.3) is 5.91 Å². The first-order valence-electron chi connectivity index (χ1n) is 9.63. The first kappa shape index (κ1) is 18.7. The summed E-state index contributed by atoms with van der Waals surface area (Å²) in [7, 11) is 0. The van der Waals surface area contributed by atoms with Gasteiger partial charge in [0.1, 0.15) is 6.33 Å². The molecule has 30 heavy (non-hydrogen) atoms. The van der Waals surface area contributed by atoms with Gasteiger partial charge in [-0.2, -0.15) is 4.68 Å². The van der Waals surface area contributed by atoms with Crippen molar-refractivity contribution in [1.29, 1.82) is 0 Å². The highest BCUT2D eigenvalue weighted by molar-refractivity contribution is 9.10. The van der Waals surface area contributed by atoms with Gasteiger partial charge in [0, 0.05) is 30.7 Å². The first-order valence-corrected chi connectivity index (χ1v) is 10.4. The topological polar surface area (TPSA) is 80.0 Å². The van der Waals surface area contributed by atoms with Gasteiger partial charge in [-0.05, 0) is 40.2 Å². The van der Waals surface area contributed by atoms with Crippen LogP contribution >= 0.6 is 15.9 Å². The Morgan fingerprint density at radius 3 is 2.40 bits per heavy atom. The predicted molar refractivity (Wildman–Crippen MR) is 117 cm³/mol. The van der Waals surface area contributed by atoms with E-state index in [1.165, 1.54) is 0 Å². The molecule has 9 heteroatoms. The lowest BCUT2D eigenvalue weighted by Crippen LogP contribution is -2.49. The molecule has 0 aliphatic carbocycles. The number of aromatic nitrogens is 5. The minimum absolute atomic E-state index is 0.0324. The Bertz CT molecular complexity index is 1200. The summed E-state index contributed by atoms with van der Waals surface area (Å²) in [6.45, 7) is 2.55. The normalized spacial score (nSPS) is 14.3. The molecule has 0 bridgehead atoms. The molecule has 5 rings (SSSR count). The maximum Gasteiger partial charge on any atom is 0.255 e. The van der Waals surface area contributed by atoms with Crippen LogP contribution in [0.1, 0.15) is 10.4 Å². The second-order valence-electron chi connectivity index (χ2n) is 6.97. The maximum atomic E-state index is 12.9. The number of hydrogen-bond donors (Lipinski definition) is 0. The smallest absolute Gasteiger partial charge is 0.255 e. The molecule has 0 N–H and O–H groups in total. The van der Waals surface area contributed by atoms with Crippen molar-refractivity contribution < 1.29 is 4.79 Å². The number of benzene rings is 2. The number of anilines is 1. The van der Waals surface area contributed by atoms with Crippen molar-refractivity contribution in [3.8, 4) is 5.69 Å². The van der Waals surface area contributed by atoms with Crippen molar-refractivity contribution in [2.24, 2.45) is 0 Å². The number of halogens is 1. The third kappa shape index (κ3) is 3.30. The average Bonchev–Trinajstić information content (AvgIpc) is 3.24. The van der Waals surface area contributed by atoms with Crippen LogP contribution in [0.3, 0.4) is 0 Å². The van der Waals surface area contributed by atoms with E-state index in [4.69, 9.17) is 0 Å². The zero-order chi connectivity index (χ0) is 20.5. The van der Waals surface area contributed by atoms with E-state index in [9.17, 15) is 4.79 Å². The van der Waals surface area contributed by atoms with E-state index in [-0.39, 0.29) is 5.91 Å². The standard InChI is InChI=1S/C21H18BrN7O/c22-17-9-5-4-8-16(17)21(30)28-12-10-27(11-13-28)19-18-20(24-14-23-19)29(26-25-18)15-6-2-1-3-7-15/h1-9,14H,10-13H2. The number of carbonyl (C=O) groups is 1. The second kappa shape index (κ2) is 7.83. The minimum Gasteiger partial charge on any atom is -0.351 e. The number of piperazine rings is 1. The highest BCUT2D eigenvalue weighted by Crippen LogP contribution is 2.24. The predicted octanol–water partition coefficient (Wildman–Crippen LogP) is 2.94. The van der Waals surface area contributed by atoms with Crippen molar-refractivity contribution >= 4 is 38.8 Å². The lowest BCUT2D eigenvalue weighted by Gasteiger charge is -2.35. The molecule has 0 spiro atoms. The summed E-state index contributed by atoms with van der Waals surface area (Å²) >= 11 is 3.47. The number of amides is 1. The van der Waals surface area contributed by atoms with E-state index >= 15 is 0 Å². The average molecular weight is 464 g/mol. The molecule has 3 heterocycles. The number of para-hydroxylation sites is 1. The number of hydrogen-bond acceptors (Lipinski definition) is 6. The van der Waals surface area contributed by atoms with E-state index in [1.54, 1.807) is 11.0 Å². The molecule has 1 aliphatic rings. The Kier molecular flexibility index (Phi) is 4.88.